The standard InChI is InChI=1S/C13H23N3O/c1-5-16(10(2)9-17-4)13-7-6-12(8-15-13)11(3)14/h6-8,10-11H,5,9,14H2,1-4H3/t10?,11-/m0/s1. The molecular weight excluding hydrogens is 214 g/mol. The number of nitrogens with two attached hydrogens (primary N) is 1. The molecule has 1 aromatic heterocycles. The molecule has 96 valence electrons. The van der Waals surface area contributed by atoms with Gasteiger partial charge in [0.1, 0.15) is 5.82 Å². The third-order valence-corrected chi connectivity index (χ3v) is 2.87. The van der Waals surface area contributed by atoms with Gasteiger partial charge >= 0.3 is 0 Å². The summed E-state index contributed by atoms with van der Waals surface area (Å²) in [7, 11) is 1.72. The van der Waals surface area contributed by atoms with Gasteiger partial charge in [-0.1, -0.05) is 6.07 Å². The zero-order valence-corrected chi connectivity index (χ0v) is 11.2. The third kappa shape index (κ3) is 3.68. The van der Waals surface area contributed by atoms with Gasteiger partial charge in [0, 0.05) is 25.9 Å². The summed E-state index contributed by atoms with van der Waals surface area (Å²) in [5.41, 5.74) is 6.87. The van der Waals surface area contributed by atoms with Crippen LogP contribution in [0.5, 0.6) is 0 Å². The fourth-order valence-corrected chi connectivity index (χ4v) is 1.87. The van der Waals surface area contributed by atoms with Crippen molar-refractivity contribution in [2.75, 3.05) is 25.2 Å². The molecule has 0 spiro atoms. The zero-order chi connectivity index (χ0) is 12.8. The Hall–Kier alpha value is -1.13. The molecule has 0 fully saturated rings. The molecule has 1 rings (SSSR count). The second-order valence-corrected chi connectivity index (χ2v) is 4.33. The molecule has 0 saturated heterocycles. The van der Waals surface area contributed by atoms with E-state index in [9.17, 15) is 0 Å². The minimum absolute atomic E-state index is 0.0306. The number of pyridine rings is 1. The van der Waals surface area contributed by atoms with Gasteiger partial charge in [0.2, 0.25) is 0 Å². The summed E-state index contributed by atoms with van der Waals surface area (Å²) >= 11 is 0. The van der Waals surface area contributed by atoms with Gasteiger partial charge in [0.05, 0.1) is 12.6 Å². The lowest BCUT2D eigenvalue weighted by molar-refractivity contribution is 0.181. The van der Waals surface area contributed by atoms with E-state index in [1.807, 2.05) is 25.3 Å². The van der Waals surface area contributed by atoms with Gasteiger partial charge in [0.15, 0.2) is 0 Å². The Morgan fingerprint density at radius 1 is 1.41 bits per heavy atom. The number of aromatic nitrogens is 1. The molecule has 2 atom stereocenters. The van der Waals surface area contributed by atoms with Crippen LogP contribution in [0.25, 0.3) is 0 Å². The molecular formula is C13H23N3O. The minimum atomic E-state index is 0.0306. The van der Waals surface area contributed by atoms with Crippen molar-refractivity contribution in [2.24, 2.45) is 5.73 Å². The predicted octanol–water partition coefficient (Wildman–Crippen LogP) is 1.96. The van der Waals surface area contributed by atoms with Crippen molar-refractivity contribution < 1.29 is 4.74 Å². The Kier molecular flexibility index (Phi) is 5.38. The highest BCUT2D eigenvalue weighted by Crippen LogP contribution is 2.16. The van der Waals surface area contributed by atoms with Crippen LogP contribution in [0, 0.1) is 0 Å². The second kappa shape index (κ2) is 6.57. The fraction of sp³-hybridized carbons (Fsp3) is 0.615. The van der Waals surface area contributed by atoms with Crippen LogP contribution in [0.4, 0.5) is 5.82 Å². The summed E-state index contributed by atoms with van der Waals surface area (Å²) in [4.78, 5) is 6.68. The molecule has 0 aliphatic rings. The maximum absolute atomic E-state index is 5.81. The van der Waals surface area contributed by atoms with Gasteiger partial charge in [-0.2, -0.15) is 0 Å². The van der Waals surface area contributed by atoms with E-state index in [2.05, 4.69) is 23.7 Å². The minimum Gasteiger partial charge on any atom is -0.383 e. The summed E-state index contributed by atoms with van der Waals surface area (Å²) in [6.07, 6.45) is 1.85. The van der Waals surface area contributed by atoms with Crippen LogP contribution in [-0.4, -0.2) is 31.3 Å². The molecule has 0 radical (unpaired) electrons. The Morgan fingerprint density at radius 3 is 2.53 bits per heavy atom. The maximum Gasteiger partial charge on any atom is 0.128 e. The van der Waals surface area contributed by atoms with Crippen molar-refractivity contribution in [2.45, 2.75) is 32.9 Å². The predicted molar refractivity (Wildman–Crippen MR) is 71.2 cm³/mol. The molecule has 17 heavy (non-hydrogen) atoms. The normalized spacial score (nSPS) is 14.4. The molecule has 0 aromatic carbocycles. The van der Waals surface area contributed by atoms with Crippen LogP contribution < -0.4 is 10.6 Å². The van der Waals surface area contributed by atoms with Crippen LogP contribution in [0.3, 0.4) is 0 Å². The lowest BCUT2D eigenvalue weighted by Crippen LogP contribution is -2.36. The molecule has 0 aliphatic carbocycles. The van der Waals surface area contributed by atoms with Crippen molar-refractivity contribution >= 4 is 5.82 Å². The third-order valence-electron chi connectivity index (χ3n) is 2.87. The Morgan fingerprint density at radius 2 is 2.12 bits per heavy atom. The topological polar surface area (TPSA) is 51.4 Å². The van der Waals surface area contributed by atoms with Crippen molar-refractivity contribution in [1.82, 2.24) is 4.98 Å². The number of likely N-dealkylation sites (N-methyl/N-ethyl adjacent to an activating group) is 1. The fourth-order valence-electron chi connectivity index (χ4n) is 1.87. The number of hydrogen-bond acceptors (Lipinski definition) is 4. The molecule has 0 aliphatic heterocycles. The van der Waals surface area contributed by atoms with E-state index in [4.69, 9.17) is 10.5 Å². The molecule has 0 bridgehead atoms. The summed E-state index contributed by atoms with van der Waals surface area (Å²) in [6.45, 7) is 7.82. The van der Waals surface area contributed by atoms with Gasteiger partial charge in [-0.3, -0.25) is 0 Å². The van der Waals surface area contributed by atoms with E-state index in [-0.39, 0.29) is 6.04 Å². The number of hydrogen-bond donors (Lipinski definition) is 1. The SMILES string of the molecule is CCN(c1ccc([C@H](C)N)cn1)C(C)COC. The average Bonchev–Trinajstić information content (AvgIpc) is 2.31. The smallest absolute Gasteiger partial charge is 0.128 e. The number of methoxy groups -OCH3 is 1. The number of ether oxygens (including phenoxy) is 1. The van der Waals surface area contributed by atoms with Gasteiger partial charge in [-0.05, 0) is 32.4 Å². The van der Waals surface area contributed by atoms with E-state index in [0.717, 1.165) is 17.9 Å². The molecule has 0 saturated carbocycles. The maximum atomic E-state index is 5.81. The van der Waals surface area contributed by atoms with E-state index in [1.54, 1.807) is 7.11 Å². The molecule has 0 amide bonds. The zero-order valence-electron chi connectivity index (χ0n) is 11.2. The molecule has 1 aromatic rings. The summed E-state index contributed by atoms with van der Waals surface area (Å²) in [5.74, 6) is 0.974. The summed E-state index contributed by atoms with van der Waals surface area (Å²) in [5, 5.41) is 0. The van der Waals surface area contributed by atoms with Crippen LogP contribution in [0.1, 0.15) is 32.4 Å². The Labute approximate surface area is 104 Å². The van der Waals surface area contributed by atoms with Crippen LogP contribution in [-0.2, 0) is 4.74 Å². The van der Waals surface area contributed by atoms with Crippen molar-refractivity contribution in [3.63, 3.8) is 0 Å². The van der Waals surface area contributed by atoms with Gasteiger partial charge < -0.3 is 15.4 Å². The number of anilines is 1. The summed E-state index contributed by atoms with van der Waals surface area (Å²) < 4.78 is 5.18. The Bertz CT molecular complexity index is 324. The van der Waals surface area contributed by atoms with E-state index < -0.39 is 0 Å². The van der Waals surface area contributed by atoms with Crippen LogP contribution in [0.2, 0.25) is 0 Å². The molecule has 4 nitrogen and oxygen atoms in total. The average molecular weight is 237 g/mol. The van der Waals surface area contributed by atoms with Crippen molar-refractivity contribution in [1.29, 1.82) is 0 Å². The lowest BCUT2D eigenvalue weighted by atomic mass is 10.1. The molecule has 1 unspecified atom stereocenters. The highest BCUT2D eigenvalue weighted by Gasteiger charge is 2.13. The Balaban J connectivity index is 2.82. The first-order valence-corrected chi connectivity index (χ1v) is 6.07. The van der Waals surface area contributed by atoms with E-state index in [0.29, 0.717) is 12.6 Å². The largest absolute Gasteiger partial charge is 0.383 e. The van der Waals surface area contributed by atoms with Gasteiger partial charge in [0.25, 0.3) is 0 Å². The first-order chi connectivity index (χ1) is 8.10. The van der Waals surface area contributed by atoms with Crippen molar-refractivity contribution in [3.05, 3.63) is 23.9 Å². The summed E-state index contributed by atoms with van der Waals surface area (Å²) in [6, 6.07) is 4.41. The number of rotatable bonds is 6. The van der Waals surface area contributed by atoms with Gasteiger partial charge in [-0.15, -0.1) is 0 Å². The van der Waals surface area contributed by atoms with Crippen molar-refractivity contribution in [3.8, 4) is 0 Å². The highest BCUT2D eigenvalue weighted by atomic mass is 16.5. The van der Waals surface area contributed by atoms with E-state index in [1.165, 1.54) is 0 Å². The first kappa shape index (κ1) is 13.9. The van der Waals surface area contributed by atoms with Gasteiger partial charge in [-0.25, -0.2) is 4.98 Å². The van der Waals surface area contributed by atoms with E-state index >= 15 is 0 Å². The quantitative estimate of drug-likeness (QED) is 0.821. The lowest BCUT2D eigenvalue weighted by Gasteiger charge is -2.28. The molecule has 4 heteroatoms. The van der Waals surface area contributed by atoms with Crippen LogP contribution in [0.15, 0.2) is 18.3 Å². The first-order valence-electron chi connectivity index (χ1n) is 6.07. The number of nitrogens with zero attached hydrogens (tertiary/aromatic N) is 2. The molecule has 2 N–H and O–H groups in total. The highest BCUT2D eigenvalue weighted by molar-refractivity contribution is 5.40. The second-order valence-electron chi connectivity index (χ2n) is 4.33. The monoisotopic (exact) mass is 237 g/mol. The van der Waals surface area contributed by atoms with Crippen LogP contribution >= 0.6 is 0 Å². The molecule has 1 heterocycles.